The molecule has 0 bridgehead atoms. The predicted octanol–water partition coefficient (Wildman–Crippen LogP) is 6.77. The maximum Gasteiger partial charge on any atom is 0.0585 e. The van der Waals surface area contributed by atoms with E-state index in [1.807, 2.05) is 0 Å². The van der Waals surface area contributed by atoms with Gasteiger partial charge in [0.25, 0.3) is 0 Å². The molecule has 3 saturated carbocycles. The van der Waals surface area contributed by atoms with Gasteiger partial charge < -0.3 is 10.2 Å². The topological polar surface area (TPSA) is 40.5 Å². The third-order valence-corrected chi connectivity index (χ3v) is 10.7. The number of aliphatic hydroxyl groups is 2. The summed E-state index contributed by atoms with van der Waals surface area (Å²) in [4.78, 5) is 0. The maximum absolute atomic E-state index is 11.6. The number of fused-ring (bicyclic) bond motifs is 5. The molecule has 2 nitrogen and oxygen atoms in total. The summed E-state index contributed by atoms with van der Waals surface area (Å²) in [5.74, 6) is 4.37. The molecular weight excluding hydrogens is 380 g/mol. The molecule has 3 fully saturated rings. The fourth-order valence-electron chi connectivity index (χ4n) is 8.96. The van der Waals surface area contributed by atoms with Crippen molar-refractivity contribution in [3.05, 3.63) is 23.8 Å². The second kappa shape index (κ2) is 8.64. The van der Waals surface area contributed by atoms with Gasteiger partial charge in [0, 0.05) is 0 Å². The fourth-order valence-corrected chi connectivity index (χ4v) is 8.96. The highest BCUT2D eigenvalue weighted by molar-refractivity contribution is 5.26. The standard InChI is InChI=1S/C29H48O2/c1-7-20(18(2)3)9-8-19(4)24-12-13-25-23-11-10-21-16-22(30)14-15-28(21,5)27(23)26(31)17-29(24,25)6/h8-10,18-20,22-27,30-31H,7,11-17H2,1-6H3/b9-8+/t19-,20+,22+,23+,24-,25+,26-,27-,28+,29-/m1/s1. The molecule has 0 amide bonds. The van der Waals surface area contributed by atoms with Crippen molar-refractivity contribution < 1.29 is 10.2 Å². The van der Waals surface area contributed by atoms with Crippen LogP contribution in [-0.4, -0.2) is 22.4 Å². The van der Waals surface area contributed by atoms with E-state index in [1.165, 1.54) is 24.8 Å². The van der Waals surface area contributed by atoms with E-state index in [1.54, 1.807) is 0 Å². The maximum atomic E-state index is 11.6. The average molecular weight is 429 g/mol. The summed E-state index contributed by atoms with van der Waals surface area (Å²) in [7, 11) is 0. The van der Waals surface area contributed by atoms with Crippen molar-refractivity contribution in [2.45, 2.75) is 105 Å². The molecule has 0 unspecified atom stereocenters. The van der Waals surface area contributed by atoms with Gasteiger partial charge in [-0.3, -0.25) is 0 Å². The Morgan fingerprint density at radius 1 is 1.10 bits per heavy atom. The van der Waals surface area contributed by atoms with E-state index in [4.69, 9.17) is 0 Å². The van der Waals surface area contributed by atoms with Crippen LogP contribution >= 0.6 is 0 Å². The first-order valence-electron chi connectivity index (χ1n) is 13.4. The highest BCUT2D eigenvalue weighted by Gasteiger charge is 2.61. The van der Waals surface area contributed by atoms with Crippen LogP contribution in [0.5, 0.6) is 0 Å². The van der Waals surface area contributed by atoms with Crippen molar-refractivity contribution in [1.82, 2.24) is 0 Å². The lowest BCUT2D eigenvalue weighted by Crippen LogP contribution is -2.56. The highest BCUT2D eigenvalue weighted by atomic mass is 16.3. The van der Waals surface area contributed by atoms with Gasteiger partial charge in [0.15, 0.2) is 0 Å². The van der Waals surface area contributed by atoms with Gasteiger partial charge >= 0.3 is 0 Å². The van der Waals surface area contributed by atoms with Gasteiger partial charge in [0.05, 0.1) is 12.2 Å². The van der Waals surface area contributed by atoms with Gasteiger partial charge in [-0.2, -0.15) is 0 Å². The first-order valence-corrected chi connectivity index (χ1v) is 13.4. The van der Waals surface area contributed by atoms with E-state index >= 15 is 0 Å². The summed E-state index contributed by atoms with van der Waals surface area (Å²) < 4.78 is 0. The average Bonchev–Trinajstić information content (AvgIpc) is 3.04. The van der Waals surface area contributed by atoms with E-state index in [9.17, 15) is 10.2 Å². The molecular formula is C29H48O2. The van der Waals surface area contributed by atoms with E-state index in [2.05, 4.69) is 59.8 Å². The zero-order valence-electron chi connectivity index (χ0n) is 21.0. The second-order valence-electron chi connectivity index (χ2n) is 12.6. The number of hydrogen-bond acceptors (Lipinski definition) is 2. The summed E-state index contributed by atoms with van der Waals surface area (Å²) in [5.41, 5.74) is 1.79. The summed E-state index contributed by atoms with van der Waals surface area (Å²) in [6.07, 6.45) is 15.8. The number of hydrogen-bond donors (Lipinski definition) is 2. The molecule has 31 heavy (non-hydrogen) atoms. The van der Waals surface area contributed by atoms with Crippen LogP contribution < -0.4 is 0 Å². The lowest BCUT2D eigenvalue weighted by molar-refractivity contribution is -0.127. The minimum absolute atomic E-state index is 0.0953. The van der Waals surface area contributed by atoms with Crippen molar-refractivity contribution in [2.24, 2.45) is 52.3 Å². The van der Waals surface area contributed by atoms with Crippen molar-refractivity contribution in [3.8, 4) is 0 Å². The van der Waals surface area contributed by atoms with Crippen LogP contribution in [-0.2, 0) is 0 Å². The molecule has 10 atom stereocenters. The molecule has 4 aliphatic rings. The Balaban J connectivity index is 1.57. The number of allylic oxidation sites excluding steroid dienone is 3. The zero-order chi connectivity index (χ0) is 22.6. The molecule has 0 heterocycles. The lowest BCUT2D eigenvalue weighted by atomic mass is 9.46. The zero-order valence-corrected chi connectivity index (χ0v) is 21.0. The molecule has 4 rings (SSSR count). The van der Waals surface area contributed by atoms with E-state index < -0.39 is 0 Å². The molecule has 2 heteroatoms. The Bertz CT molecular complexity index is 708. The first kappa shape index (κ1) is 23.6. The van der Waals surface area contributed by atoms with Gasteiger partial charge in [-0.1, -0.05) is 65.3 Å². The first-order chi connectivity index (χ1) is 14.6. The predicted molar refractivity (Wildman–Crippen MR) is 130 cm³/mol. The van der Waals surface area contributed by atoms with Crippen LogP contribution in [0, 0.1) is 52.3 Å². The quantitative estimate of drug-likeness (QED) is 0.474. The van der Waals surface area contributed by atoms with E-state index in [0.717, 1.165) is 38.0 Å². The summed E-state index contributed by atoms with van der Waals surface area (Å²) in [6, 6.07) is 0. The number of rotatable bonds is 5. The summed E-state index contributed by atoms with van der Waals surface area (Å²) in [5, 5.41) is 21.9. The van der Waals surface area contributed by atoms with Gasteiger partial charge in [-0.25, -0.2) is 0 Å². The van der Waals surface area contributed by atoms with Crippen LogP contribution in [0.4, 0.5) is 0 Å². The van der Waals surface area contributed by atoms with E-state index in [0.29, 0.717) is 35.5 Å². The minimum Gasteiger partial charge on any atom is -0.393 e. The van der Waals surface area contributed by atoms with Crippen LogP contribution in [0.1, 0.15) is 92.9 Å². The van der Waals surface area contributed by atoms with Crippen LogP contribution in [0.3, 0.4) is 0 Å². The van der Waals surface area contributed by atoms with Gasteiger partial charge in [-0.05, 0) is 104 Å². The molecule has 0 aliphatic heterocycles. The second-order valence-corrected chi connectivity index (χ2v) is 12.6. The molecule has 0 aromatic rings. The normalized spacial score (nSPS) is 46.9. The molecule has 0 aromatic carbocycles. The molecule has 4 aliphatic carbocycles. The van der Waals surface area contributed by atoms with E-state index in [-0.39, 0.29) is 23.0 Å². The molecule has 0 spiro atoms. The number of aliphatic hydroxyl groups excluding tert-OH is 2. The summed E-state index contributed by atoms with van der Waals surface area (Å²) >= 11 is 0. The smallest absolute Gasteiger partial charge is 0.0585 e. The van der Waals surface area contributed by atoms with Gasteiger partial charge in [0.2, 0.25) is 0 Å². The third kappa shape index (κ3) is 3.88. The van der Waals surface area contributed by atoms with Crippen molar-refractivity contribution in [1.29, 1.82) is 0 Å². The molecule has 0 aromatic heterocycles. The summed E-state index contributed by atoms with van der Waals surface area (Å²) in [6.45, 7) is 14.3. The van der Waals surface area contributed by atoms with Crippen molar-refractivity contribution in [3.63, 3.8) is 0 Å². The molecule has 0 radical (unpaired) electrons. The monoisotopic (exact) mass is 428 g/mol. The van der Waals surface area contributed by atoms with Crippen LogP contribution in [0.25, 0.3) is 0 Å². The molecule has 0 saturated heterocycles. The SMILES string of the molecule is CC[C@@H](/C=C/[C@@H](C)[C@H]1CC[C@H]2[C@@H]3CC=C4C[C@@H](O)CC[C@]4(C)[C@H]3[C@H](O)C[C@]12C)C(C)C. The van der Waals surface area contributed by atoms with Crippen LogP contribution in [0.15, 0.2) is 23.8 Å². The minimum atomic E-state index is -0.203. The Morgan fingerprint density at radius 2 is 1.84 bits per heavy atom. The highest BCUT2D eigenvalue weighted by Crippen LogP contribution is 2.67. The van der Waals surface area contributed by atoms with Crippen molar-refractivity contribution in [2.75, 3.05) is 0 Å². The Hall–Kier alpha value is -0.600. The van der Waals surface area contributed by atoms with Gasteiger partial charge in [0.1, 0.15) is 0 Å². The Morgan fingerprint density at radius 3 is 2.52 bits per heavy atom. The van der Waals surface area contributed by atoms with Crippen molar-refractivity contribution >= 4 is 0 Å². The Labute approximate surface area is 191 Å². The third-order valence-electron chi connectivity index (χ3n) is 10.7. The van der Waals surface area contributed by atoms with Gasteiger partial charge in [-0.15, -0.1) is 0 Å². The largest absolute Gasteiger partial charge is 0.393 e. The molecule has 2 N–H and O–H groups in total. The molecule has 176 valence electrons. The van der Waals surface area contributed by atoms with Crippen LogP contribution in [0.2, 0.25) is 0 Å². The Kier molecular flexibility index (Phi) is 6.56. The fraction of sp³-hybridized carbons (Fsp3) is 0.862. The lowest BCUT2D eigenvalue weighted by Gasteiger charge is -2.60.